The van der Waals surface area contributed by atoms with E-state index in [4.69, 9.17) is 11.6 Å². The molecule has 1 aromatic carbocycles. The zero-order chi connectivity index (χ0) is 10.8. The van der Waals surface area contributed by atoms with Crippen LogP contribution >= 0.6 is 27.5 Å². The zero-order valence-electron chi connectivity index (χ0n) is 8.04. The van der Waals surface area contributed by atoms with Gasteiger partial charge < -0.3 is 5.32 Å². The molecule has 3 nitrogen and oxygen atoms in total. The molecule has 0 aliphatic carbocycles. The first-order valence-corrected chi connectivity index (χ1v) is 5.56. The van der Waals surface area contributed by atoms with Gasteiger partial charge >= 0.3 is 0 Å². The Kier molecular flexibility index (Phi) is 2.98. The van der Waals surface area contributed by atoms with E-state index in [-0.39, 0.29) is 0 Å². The molecule has 0 fully saturated rings. The monoisotopic (exact) mass is 285 g/mol. The van der Waals surface area contributed by atoms with E-state index in [1.807, 2.05) is 36.0 Å². The van der Waals surface area contributed by atoms with Gasteiger partial charge in [-0.25, -0.2) is 4.98 Å². The number of rotatable bonds is 2. The molecule has 1 aromatic heterocycles. The van der Waals surface area contributed by atoms with E-state index in [1.165, 1.54) is 0 Å². The predicted molar refractivity (Wildman–Crippen MR) is 65.8 cm³/mol. The minimum Gasteiger partial charge on any atom is -0.358 e. The van der Waals surface area contributed by atoms with E-state index in [1.54, 1.807) is 6.20 Å². The van der Waals surface area contributed by atoms with Crippen LogP contribution in [0.4, 0.5) is 5.95 Å². The Morgan fingerprint density at radius 3 is 2.93 bits per heavy atom. The van der Waals surface area contributed by atoms with Crippen molar-refractivity contribution < 1.29 is 0 Å². The van der Waals surface area contributed by atoms with Crippen LogP contribution in [0.3, 0.4) is 0 Å². The molecule has 0 bridgehead atoms. The summed E-state index contributed by atoms with van der Waals surface area (Å²) in [5.41, 5.74) is 0.904. The van der Waals surface area contributed by atoms with Crippen LogP contribution < -0.4 is 5.32 Å². The van der Waals surface area contributed by atoms with Crippen LogP contribution in [-0.2, 0) is 0 Å². The molecule has 0 saturated heterocycles. The number of nitrogens with zero attached hydrogens (tertiary/aromatic N) is 2. The van der Waals surface area contributed by atoms with Gasteiger partial charge in [0.1, 0.15) is 0 Å². The van der Waals surface area contributed by atoms with E-state index >= 15 is 0 Å². The maximum Gasteiger partial charge on any atom is 0.207 e. The van der Waals surface area contributed by atoms with Crippen molar-refractivity contribution in [2.45, 2.75) is 0 Å². The molecule has 0 radical (unpaired) electrons. The molecule has 0 aliphatic heterocycles. The quantitative estimate of drug-likeness (QED) is 0.918. The van der Waals surface area contributed by atoms with Crippen LogP contribution in [0.15, 0.2) is 35.1 Å². The van der Waals surface area contributed by atoms with Gasteiger partial charge in [0, 0.05) is 23.9 Å². The second-order valence-electron chi connectivity index (χ2n) is 2.97. The molecule has 15 heavy (non-hydrogen) atoms. The average molecular weight is 287 g/mol. The third-order valence-corrected chi connectivity index (χ3v) is 2.83. The van der Waals surface area contributed by atoms with Gasteiger partial charge in [0.15, 0.2) is 0 Å². The summed E-state index contributed by atoms with van der Waals surface area (Å²) < 4.78 is 2.86. The second-order valence-corrected chi connectivity index (χ2v) is 4.29. The molecule has 0 spiro atoms. The third kappa shape index (κ3) is 2.01. The lowest BCUT2D eigenvalue weighted by molar-refractivity contribution is 1.05. The number of hydrogen-bond donors (Lipinski definition) is 1. The zero-order valence-corrected chi connectivity index (χ0v) is 10.4. The molecule has 1 heterocycles. The Balaban J connectivity index is 2.54. The average Bonchev–Trinajstić information content (AvgIpc) is 2.65. The van der Waals surface area contributed by atoms with E-state index in [9.17, 15) is 0 Å². The summed E-state index contributed by atoms with van der Waals surface area (Å²) in [6, 6.07) is 5.74. The third-order valence-electron chi connectivity index (χ3n) is 2.03. The van der Waals surface area contributed by atoms with Crippen molar-refractivity contribution in [3.8, 4) is 5.69 Å². The minimum atomic E-state index is 0.680. The topological polar surface area (TPSA) is 29.9 Å². The Hall–Kier alpha value is -1.000. The molecule has 2 rings (SSSR count). The largest absolute Gasteiger partial charge is 0.358 e. The summed E-state index contributed by atoms with van der Waals surface area (Å²) in [6.45, 7) is 0. The van der Waals surface area contributed by atoms with Crippen LogP contribution in [-0.4, -0.2) is 16.6 Å². The Bertz CT molecular complexity index is 481. The number of benzene rings is 1. The summed E-state index contributed by atoms with van der Waals surface area (Å²) in [7, 11) is 1.82. The molecule has 5 heteroatoms. The van der Waals surface area contributed by atoms with Gasteiger partial charge in [0.25, 0.3) is 0 Å². The lowest BCUT2D eigenvalue weighted by atomic mass is 10.3. The van der Waals surface area contributed by atoms with Crippen molar-refractivity contribution in [1.29, 1.82) is 0 Å². The standard InChI is InChI=1S/C10H9BrClN3/c1-13-10-14-4-5-15(10)9-3-2-7(11)6-8(9)12/h2-6H,1H3,(H,13,14). The minimum absolute atomic E-state index is 0.680. The highest BCUT2D eigenvalue weighted by atomic mass is 79.9. The van der Waals surface area contributed by atoms with Gasteiger partial charge in [0.05, 0.1) is 10.7 Å². The maximum atomic E-state index is 6.14. The summed E-state index contributed by atoms with van der Waals surface area (Å²) in [6.07, 6.45) is 3.59. The summed E-state index contributed by atoms with van der Waals surface area (Å²) >= 11 is 9.51. The van der Waals surface area contributed by atoms with Crippen LogP contribution in [0.5, 0.6) is 0 Å². The second kappa shape index (κ2) is 4.24. The lowest BCUT2D eigenvalue weighted by Gasteiger charge is -2.09. The molecule has 0 unspecified atom stereocenters. The van der Waals surface area contributed by atoms with Gasteiger partial charge in [0.2, 0.25) is 5.95 Å². The van der Waals surface area contributed by atoms with Crippen LogP contribution in [0, 0.1) is 0 Å². The molecule has 0 atom stereocenters. The fourth-order valence-corrected chi connectivity index (χ4v) is 2.12. The van der Waals surface area contributed by atoms with E-state index < -0.39 is 0 Å². The smallest absolute Gasteiger partial charge is 0.207 e. The lowest BCUT2D eigenvalue weighted by Crippen LogP contribution is -2.00. The van der Waals surface area contributed by atoms with Gasteiger partial charge in [-0.3, -0.25) is 4.57 Å². The number of hydrogen-bond acceptors (Lipinski definition) is 2. The van der Waals surface area contributed by atoms with Crippen molar-refractivity contribution in [2.75, 3.05) is 12.4 Å². The van der Waals surface area contributed by atoms with Gasteiger partial charge in [-0.05, 0) is 18.2 Å². The molecule has 1 N–H and O–H groups in total. The van der Waals surface area contributed by atoms with Crippen LogP contribution in [0.2, 0.25) is 5.02 Å². The molecular formula is C10H9BrClN3. The van der Waals surface area contributed by atoms with Crippen molar-refractivity contribution >= 4 is 33.5 Å². The van der Waals surface area contributed by atoms with E-state index in [2.05, 4.69) is 26.2 Å². The predicted octanol–water partition coefficient (Wildman–Crippen LogP) is 3.33. The van der Waals surface area contributed by atoms with Gasteiger partial charge in [-0.15, -0.1) is 0 Å². The highest BCUT2D eigenvalue weighted by Gasteiger charge is 2.06. The van der Waals surface area contributed by atoms with Crippen molar-refractivity contribution in [3.63, 3.8) is 0 Å². The van der Waals surface area contributed by atoms with Crippen molar-refractivity contribution in [3.05, 3.63) is 40.1 Å². The van der Waals surface area contributed by atoms with Gasteiger partial charge in [-0.2, -0.15) is 0 Å². The highest BCUT2D eigenvalue weighted by Crippen LogP contribution is 2.26. The Labute approximate surface area is 101 Å². The Morgan fingerprint density at radius 2 is 2.27 bits per heavy atom. The number of aromatic nitrogens is 2. The summed E-state index contributed by atoms with van der Waals surface area (Å²) in [5.74, 6) is 0.763. The van der Waals surface area contributed by atoms with Crippen molar-refractivity contribution in [2.24, 2.45) is 0 Å². The molecule has 0 amide bonds. The molecule has 78 valence electrons. The first-order chi connectivity index (χ1) is 7.22. The number of anilines is 1. The Morgan fingerprint density at radius 1 is 1.47 bits per heavy atom. The summed E-state index contributed by atoms with van der Waals surface area (Å²) in [4.78, 5) is 4.16. The van der Waals surface area contributed by atoms with Crippen molar-refractivity contribution in [1.82, 2.24) is 9.55 Å². The molecule has 0 saturated carbocycles. The first-order valence-electron chi connectivity index (χ1n) is 4.39. The van der Waals surface area contributed by atoms with E-state index in [0.717, 1.165) is 16.1 Å². The molecule has 2 aromatic rings. The van der Waals surface area contributed by atoms with E-state index in [0.29, 0.717) is 5.02 Å². The molecule has 0 aliphatic rings. The number of halogens is 2. The number of nitrogens with one attached hydrogen (secondary N) is 1. The molecular weight excluding hydrogens is 277 g/mol. The maximum absolute atomic E-state index is 6.14. The van der Waals surface area contributed by atoms with Gasteiger partial charge in [-0.1, -0.05) is 27.5 Å². The van der Waals surface area contributed by atoms with Crippen LogP contribution in [0.25, 0.3) is 5.69 Å². The van der Waals surface area contributed by atoms with Crippen LogP contribution in [0.1, 0.15) is 0 Å². The first kappa shape index (κ1) is 10.5. The normalized spacial score (nSPS) is 10.3. The fraction of sp³-hybridized carbons (Fsp3) is 0.100. The number of imidazole rings is 1. The fourth-order valence-electron chi connectivity index (χ4n) is 1.36. The summed E-state index contributed by atoms with van der Waals surface area (Å²) in [5, 5.41) is 3.68. The SMILES string of the molecule is CNc1nccn1-c1ccc(Br)cc1Cl. The highest BCUT2D eigenvalue weighted by molar-refractivity contribution is 9.10.